The summed E-state index contributed by atoms with van der Waals surface area (Å²) in [6, 6.07) is 17.6. The Labute approximate surface area is 191 Å². The second-order valence-corrected chi connectivity index (χ2v) is 8.85. The molecule has 1 aliphatic rings. The maximum Gasteiger partial charge on any atom is 0.225 e. The SMILES string of the molecule is CCCOc1ccc(CN[C@H]2CC[C@@H](Nc3nc(N(C)C)c4ccccc4n3)CC2)cc1. The molecule has 1 aromatic heterocycles. The Balaban J connectivity index is 1.28. The highest BCUT2D eigenvalue weighted by atomic mass is 16.5. The summed E-state index contributed by atoms with van der Waals surface area (Å²) in [5, 5.41) is 8.41. The van der Waals surface area contributed by atoms with E-state index in [4.69, 9.17) is 14.7 Å². The van der Waals surface area contributed by atoms with Crippen LogP contribution in [0.4, 0.5) is 11.8 Å². The maximum absolute atomic E-state index is 5.67. The number of para-hydroxylation sites is 1. The van der Waals surface area contributed by atoms with Gasteiger partial charge in [-0.3, -0.25) is 0 Å². The Morgan fingerprint density at radius 2 is 1.66 bits per heavy atom. The van der Waals surface area contributed by atoms with Crippen molar-refractivity contribution < 1.29 is 4.74 Å². The molecule has 0 aliphatic heterocycles. The fourth-order valence-corrected chi connectivity index (χ4v) is 4.28. The third-order valence-electron chi connectivity index (χ3n) is 6.06. The number of ether oxygens (including phenoxy) is 1. The number of nitrogens with zero attached hydrogens (tertiary/aromatic N) is 3. The molecule has 0 unspecified atom stereocenters. The molecule has 2 aromatic carbocycles. The summed E-state index contributed by atoms with van der Waals surface area (Å²) in [5.41, 5.74) is 2.28. The van der Waals surface area contributed by atoms with E-state index in [1.807, 2.05) is 26.2 Å². The van der Waals surface area contributed by atoms with Crippen LogP contribution in [0.2, 0.25) is 0 Å². The molecule has 0 spiro atoms. The van der Waals surface area contributed by atoms with Gasteiger partial charge in [0.2, 0.25) is 5.95 Å². The predicted molar refractivity (Wildman–Crippen MR) is 133 cm³/mol. The second-order valence-electron chi connectivity index (χ2n) is 8.85. The molecule has 32 heavy (non-hydrogen) atoms. The molecule has 1 aliphatic carbocycles. The minimum atomic E-state index is 0.416. The third kappa shape index (κ3) is 5.68. The summed E-state index contributed by atoms with van der Waals surface area (Å²) >= 11 is 0. The normalized spacial score (nSPS) is 18.5. The highest BCUT2D eigenvalue weighted by molar-refractivity contribution is 5.90. The molecule has 1 saturated carbocycles. The lowest BCUT2D eigenvalue weighted by atomic mass is 9.91. The molecule has 0 saturated heterocycles. The van der Waals surface area contributed by atoms with Crippen molar-refractivity contribution in [1.29, 1.82) is 0 Å². The molecule has 6 nitrogen and oxygen atoms in total. The molecule has 2 N–H and O–H groups in total. The molecule has 3 aromatic rings. The van der Waals surface area contributed by atoms with E-state index in [0.717, 1.165) is 73.7 Å². The summed E-state index contributed by atoms with van der Waals surface area (Å²) in [5.74, 6) is 2.64. The van der Waals surface area contributed by atoms with Gasteiger partial charge in [-0.1, -0.05) is 31.2 Å². The lowest BCUT2D eigenvalue weighted by Crippen LogP contribution is -2.37. The summed E-state index contributed by atoms with van der Waals surface area (Å²) < 4.78 is 5.67. The van der Waals surface area contributed by atoms with Crippen LogP contribution >= 0.6 is 0 Å². The van der Waals surface area contributed by atoms with E-state index in [9.17, 15) is 0 Å². The Kier molecular flexibility index (Phi) is 7.43. The van der Waals surface area contributed by atoms with Crippen LogP contribution in [0.15, 0.2) is 48.5 Å². The molecular formula is C26H35N5O. The van der Waals surface area contributed by atoms with Crippen LogP contribution in [0.25, 0.3) is 10.9 Å². The van der Waals surface area contributed by atoms with E-state index in [-0.39, 0.29) is 0 Å². The molecule has 1 fully saturated rings. The zero-order chi connectivity index (χ0) is 22.3. The van der Waals surface area contributed by atoms with Gasteiger partial charge in [0.25, 0.3) is 0 Å². The van der Waals surface area contributed by atoms with E-state index in [1.54, 1.807) is 0 Å². The van der Waals surface area contributed by atoms with Crippen molar-refractivity contribution >= 4 is 22.7 Å². The first kappa shape index (κ1) is 22.3. The van der Waals surface area contributed by atoms with E-state index in [0.29, 0.717) is 12.1 Å². The minimum Gasteiger partial charge on any atom is -0.494 e. The van der Waals surface area contributed by atoms with Crippen molar-refractivity contribution in [3.8, 4) is 5.75 Å². The summed E-state index contributed by atoms with van der Waals surface area (Å²) in [4.78, 5) is 11.6. The van der Waals surface area contributed by atoms with Gasteiger partial charge in [0.05, 0.1) is 12.1 Å². The molecule has 170 valence electrons. The van der Waals surface area contributed by atoms with Crippen LogP contribution in [0.5, 0.6) is 5.75 Å². The van der Waals surface area contributed by atoms with Crippen LogP contribution in [-0.4, -0.2) is 42.8 Å². The fourth-order valence-electron chi connectivity index (χ4n) is 4.28. The summed E-state index contributed by atoms with van der Waals surface area (Å²) in [7, 11) is 4.06. The van der Waals surface area contributed by atoms with Crippen LogP contribution in [0.3, 0.4) is 0 Å². The van der Waals surface area contributed by atoms with Crippen LogP contribution in [0.1, 0.15) is 44.6 Å². The van der Waals surface area contributed by atoms with Crippen molar-refractivity contribution in [3.63, 3.8) is 0 Å². The molecule has 0 atom stereocenters. The van der Waals surface area contributed by atoms with Crippen LogP contribution in [0, 0.1) is 0 Å². The van der Waals surface area contributed by atoms with Gasteiger partial charge in [0.15, 0.2) is 0 Å². The summed E-state index contributed by atoms with van der Waals surface area (Å²) in [6.45, 7) is 3.80. The van der Waals surface area contributed by atoms with Gasteiger partial charge in [-0.05, 0) is 61.9 Å². The number of aromatic nitrogens is 2. The highest BCUT2D eigenvalue weighted by Crippen LogP contribution is 2.26. The Morgan fingerprint density at radius 1 is 0.938 bits per heavy atom. The number of benzene rings is 2. The number of nitrogens with one attached hydrogen (secondary N) is 2. The van der Waals surface area contributed by atoms with Gasteiger partial charge in [-0.2, -0.15) is 4.98 Å². The Bertz CT molecular complexity index is 997. The second kappa shape index (κ2) is 10.6. The summed E-state index contributed by atoms with van der Waals surface area (Å²) in [6.07, 6.45) is 5.58. The van der Waals surface area contributed by atoms with Crippen LogP contribution < -0.4 is 20.3 Å². The average Bonchev–Trinajstić information content (AvgIpc) is 2.82. The van der Waals surface area contributed by atoms with E-state index >= 15 is 0 Å². The van der Waals surface area contributed by atoms with Gasteiger partial charge < -0.3 is 20.3 Å². The lowest BCUT2D eigenvalue weighted by Gasteiger charge is -2.30. The van der Waals surface area contributed by atoms with Crippen molar-refractivity contribution in [2.75, 3.05) is 30.9 Å². The number of rotatable bonds is 9. The third-order valence-corrected chi connectivity index (χ3v) is 6.06. The molecular weight excluding hydrogens is 398 g/mol. The van der Waals surface area contributed by atoms with Gasteiger partial charge in [0.1, 0.15) is 11.6 Å². The van der Waals surface area contributed by atoms with E-state index in [2.05, 4.69) is 58.9 Å². The molecule has 0 bridgehead atoms. The molecule has 4 rings (SSSR count). The molecule has 1 heterocycles. The first-order valence-electron chi connectivity index (χ1n) is 11.8. The smallest absolute Gasteiger partial charge is 0.225 e. The molecule has 0 amide bonds. The topological polar surface area (TPSA) is 62.3 Å². The fraction of sp³-hybridized carbons (Fsp3) is 0.462. The van der Waals surface area contributed by atoms with E-state index < -0.39 is 0 Å². The quantitative estimate of drug-likeness (QED) is 0.495. The first-order valence-corrected chi connectivity index (χ1v) is 11.8. The molecule has 6 heteroatoms. The van der Waals surface area contributed by atoms with Crippen molar-refractivity contribution in [1.82, 2.24) is 15.3 Å². The zero-order valence-corrected chi connectivity index (χ0v) is 19.5. The standard InChI is InChI=1S/C26H35N5O/c1-4-17-32-22-15-9-19(10-16-22)18-27-20-11-13-21(14-12-20)28-26-29-24-8-6-5-7-23(24)25(30-26)31(2)3/h5-10,15-16,20-21,27H,4,11-14,17-18H2,1-3H3,(H,28,29,30)/t20-,21+. The average molecular weight is 434 g/mol. The Morgan fingerprint density at radius 3 is 2.38 bits per heavy atom. The predicted octanol–water partition coefficient (Wildman–Crippen LogP) is 5.00. The minimum absolute atomic E-state index is 0.416. The lowest BCUT2D eigenvalue weighted by molar-refractivity contribution is 0.317. The van der Waals surface area contributed by atoms with Crippen molar-refractivity contribution in [2.45, 2.75) is 57.7 Å². The first-order chi connectivity index (χ1) is 15.6. The largest absolute Gasteiger partial charge is 0.494 e. The van der Waals surface area contributed by atoms with Crippen LogP contribution in [-0.2, 0) is 6.54 Å². The van der Waals surface area contributed by atoms with Gasteiger partial charge in [-0.25, -0.2) is 4.98 Å². The number of hydrogen-bond acceptors (Lipinski definition) is 6. The zero-order valence-electron chi connectivity index (χ0n) is 19.5. The molecule has 0 radical (unpaired) electrons. The van der Waals surface area contributed by atoms with Gasteiger partial charge >= 0.3 is 0 Å². The maximum atomic E-state index is 5.67. The van der Waals surface area contributed by atoms with Gasteiger partial charge in [0, 0.05) is 38.1 Å². The van der Waals surface area contributed by atoms with Crippen molar-refractivity contribution in [3.05, 3.63) is 54.1 Å². The number of fused-ring (bicyclic) bond motifs is 1. The number of hydrogen-bond donors (Lipinski definition) is 2. The van der Waals surface area contributed by atoms with E-state index in [1.165, 1.54) is 5.56 Å². The highest BCUT2D eigenvalue weighted by Gasteiger charge is 2.22. The Hall–Kier alpha value is -2.86. The number of anilines is 2. The van der Waals surface area contributed by atoms with Crippen molar-refractivity contribution in [2.24, 2.45) is 0 Å². The monoisotopic (exact) mass is 433 g/mol. The van der Waals surface area contributed by atoms with Gasteiger partial charge in [-0.15, -0.1) is 0 Å².